The summed E-state index contributed by atoms with van der Waals surface area (Å²) in [4.78, 5) is 4.82. The Labute approximate surface area is 173 Å². The minimum atomic E-state index is -3.29. The minimum absolute atomic E-state index is 0.0525. The molecule has 0 fully saturated rings. The van der Waals surface area contributed by atoms with Gasteiger partial charge in [0, 0.05) is 24.8 Å². The Morgan fingerprint density at radius 3 is 2.48 bits per heavy atom. The molecule has 2 N–H and O–H groups in total. The lowest BCUT2D eigenvalue weighted by atomic mass is 10.2. The molecule has 2 aromatic rings. The second kappa shape index (κ2) is 11.3. The van der Waals surface area contributed by atoms with Gasteiger partial charge in [0.1, 0.15) is 0 Å². The van der Waals surface area contributed by atoms with E-state index >= 15 is 0 Å². The Balaban J connectivity index is 2.00. The van der Waals surface area contributed by atoms with E-state index in [1.807, 2.05) is 32.0 Å². The molecule has 0 atom stereocenters. The lowest BCUT2D eigenvalue weighted by Crippen LogP contribution is -2.30. The molecule has 29 heavy (non-hydrogen) atoms. The molecular formula is C21H29N3O4S. The predicted octanol–water partition coefficient (Wildman–Crippen LogP) is 3.34. The Hall–Kier alpha value is -2.74. The van der Waals surface area contributed by atoms with E-state index in [-0.39, 0.29) is 5.75 Å². The zero-order chi connectivity index (χ0) is 21.1. The van der Waals surface area contributed by atoms with Gasteiger partial charge in [-0.2, -0.15) is 0 Å². The number of methoxy groups -OCH3 is 1. The minimum Gasteiger partial charge on any atom is -0.493 e. The first-order chi connectivity index (χ1) is 14.0. The van der Waals surface area contributed by atoms with Gasteiger partial charge in [-0.15, -0.1) is 0 Å². The number of ether oxygens (including phenoxy) is 2. The molecule has 0 aliphatic rings. The first-order valence-corrected chi connectivity index (χ1v) is 11.3. The summed E-state index contributed by atoms with van der Waals surface area (Å²) in [5.74, 6) is 1.93. The monoisotopic (exact) mass is 419 g/mol. The molecule has 7 nitrogen and oxygen atoms in total. The van der Waals surface area contributed by atoms with Gasteiger partial charge in [0.15, 0.2) is 27.3 Å². The quantitative estimate of drug-likeness (QED) is 0.349. The Morgan fingerprint density at radius 1 is 1.07 bits per heavy atom. The van der Waals surface area contributed by atoms with Gasteiger partial charge in [0.05, 0.1) is 24.4 Å². The SMILES string of the molecule is CCNC(=NCCCS(=O)(=O)c1ccccc1)Nc1ccc(OC)c(OCC)c1. The van der Waals surface area contributed by atoms with E-state index < -0.39 is 9.84 Å². The molecular weight excluding hydrogens is 390 g/mol. The number of anilines is 1. The highest BCUT2D eigenvalue weighted by atomic mass is 32.2. The van der Waals surface area contributed by atoms with E-state index in [1.165, 1.54) is 0 Å². The molecule has 0 aromatic heterocycles. The summed E-state index contributed by atoms with van der Waals surface area (Å²) in [5.41, 5.74) is 0.797. The van der Waals surface area contributed by atoms with Crippen molar-refractivity contribution < 1.29 is 17.9 Å². The highest BCUT2D eigenvalue weighted by molar-refractivity contribution is 7.91. The molecule has 0 heterocycles. The zero-order valence-corrected chi connectivity index (χ0v) is 18.0. The van der Waals surface area contributed by atoms with Crippen molar-refractivity contribution in [3.63, 3.8) is 0 Å². The van der Waals surface area contributed by atoms with Gasteiger partial charge in [0.2, 0.25) is 0 Å². The second-order valence-corrected chi connectivity index (χ2v) is 8.28. The van der Waals surface area contributed by atoms with Crippen LogP contribution in [0.15, 0.2) is 58.4 Å². The fraction of sp³-hybridized carbons (Fsp3) is 0.381. The number of aliphatic imine (C=N–C) groups is 1. The van der Waals surface area contributed by atoms with Crippen LogP contribution in [0.1, 0.15) is 20.3 Å². The lowest BCUT2D eigenvalue weighted by molar-refractivity contribution is 0.311. The Morgan fingerprint density at radius 2 is 1.83 bits per heavy atom. The van der Waals surface area contributed by atoms with Crippen molar-refractivity contribution in [2.75, 3.05) is 37.9 Å². The molecule has 0 amide bonds. The van der Waals surface area contributed by atoms with Gasteiger partial charge >= 0.3 is 0 Å². The van der Waals surface area contributed by atoms with Crippen molar-refractivity contribution in [3.8, 4) is 11.5 Å². The summed E-state index contributed by atoms with van der Waals surface area (Å²) < 4.78 is 35.6. The molecule has 158 valence electrons. The standard InChI is InChI=1S/C21H29N3O4S/c1-4-22-21(24-17-12-13-19(27-3)20(16-17)28-5-2)23-14-9-15-29(25,26)18-10-7-6-8-11-18/h6-8,10-13,16H,4-5,9,14-15H2,1-3H3,(H2,22,23,24). The average molecular weight is 420 g/mol. The molecule has 0 saturated heterocycles. The van der Waals surface area contributed by atoms with Crippen LogP contribution in [0.25, 0.3) is 0 Å². The summed E-state index contributed by atoms with van der Waals surface area (Å²) in [6.07, 6.45) is 0.431. The summed E-state index contributed by atoms with van der Waals surface area (Å²) in [7, 11) is -1.69. The van der Waals surface area contributed by atoms with Crippen molar-refractivity contribution in [1.82, 2.24) is 5.32 Å². The van der Waals surface area contributed by atoms with Gasteiger partial charge in [0.25, 0.3) is 0 Å². The van der Waals surface area contributed by atoms with Crippen LogP contribution >= 0.6 is 0 Å². The van der Waals surface area contributed by atoms with Crippen LogP contribution in [-0.4, -0.2) is 46.9 Å². The van der Waals surface area contributed by atoms with Crippen LogP contribution in [-0.2, 0) is 9.84 Å². The molecule has 2 rings (SSSR count). The maximum atomic E-state index is 12.3. The normalized spacial score (nSPS) is 11.8. The molecule has 0 saturated carbocycles. The Bertz CT molecular complexity index is 899. The molecule has 0 spiro atoms. The summed E-state index contributed by atoms with van der Waals surface area (Å²) in [6, 6.07) is 14.0. The van der Waals surface area contributed by atoms with E-state index in [0.717, 1.165) is 5.69 Å². The summed E-state index contributed by atoms with van der Waals surface area (Å²) in [5, 5.41) is 6.37. The lowest BCUT2D eigenvalue weighted by Gasteiger charge is -2.14. The van der Waals surface area contributed by atoms with Gasteiger partial charge in [-0.3, -0.25) is 4.99 Å². The third kappa shape index (κ3) is 6.98. The predicted molar refractivity (Wildman–Crippen MR) is 117 cm³/mol. The maximum Gasteiger partial charge on any atom is 0.195 e. The van der Waals surface area contributed by atoms with Crippen molar-refractivity contribution in [2.45, 2.75) is 25.2 Å². The van der Waals surface area contributed by atoms with E-state index in [1.54, 1.807) is 37.4 Å². The summed E-state index contributed by atoms with van der Waals surface area (Å²) >= 11 is 0. The molecule has 0 aliphatic heterocycles. The largest absolute Gasteiger partial charge is 0.493 e. The van der Waals surface area contributed by atoms with E-state index in [9.17, 15) is 8.42 Å². The molecule has 0 unspecified atom stereocenters. The number of guanidine groups is 1. The van der Waals surface area contributed by atoms with Crippen LogP contribution < -0.4 is 20.1 Å². The van der Waals surface area contributed by atoms with Gasteiger partial charge < -0.3 is 20.1 Å². The number of sulfone groups is 1. The number of hydrogen-bond acceptors (Lipinski definition) is 5. The molecule has 0 bridgehead atoms. The van der Waals surface area contributed by atoms with Crippen molar-refractivity contribution in [1.29, 1.82) is 0 Å². The van der Waals surface area contributed by atoms with Gasteiger partial charge in [-0.1, -0.05) is 18.2 Å². The molecule has 0 radical (unpaired) electrons. The first-order valence-electron chi connectivity index (χ1n) is 9.64. The first kappa shape index (κ1) is 22.5. The number of hydrogen-bond donors (Lipinski definition) is 2. The fourth-order valence-corrected chi connectivity index (χ4v) is 3.97. The fourth-order valence-electron chi connectivity index (χ4n) is 2.66. The van der Waals surface area contributed by atoms with Crippen molar-refractivity contribution in [3.05, 3.63) is 48.5 Å². The highest BCUT2D eigenvalue weighted by Gasteiger charge is 2.13. The third-order valence-electron chi connectivity index (χ3n) is 4.01. The van der Waals surface area contributed by atoms with Crippen LogP contribution in [0.2, 0.25) is 0 Å². The summed E-state index contributed by atoms with van der Waals surface area (Å²) in [6.45, 7) is 5.48. The highest BCUT2D eigenvalue weighted by Crippen LogP contribution is 2.30. The van der Waals surface area contributed by atoms with E-state index in [0.29, 0.717) is 48.5 Å². The zero-order valence-electron chi connectivity index (χ0n) is 17.1. The average Bonchev–Trinajstić information content (AvgIpc) is 2.72. The van der Waals surface area contributed by atoms with E-state index in [2.05, 4.69) is 15.6 Å². The smallest absolute Gasteiger partial charge is 0.195 e. The maximum absolute atomic E-state index is 12.3. The van der Waals surface area contributed by atoms with Crippen LogP contribution in [0.5, 0.6) is 11.5 Å². The number of benzene rings is 2. The van der Waals surface area contributed by atoms with Crippen molar-refractivity contribution >= 4 is 21.5 Å². The van der Waals surface area contributed by atoms with Gasteiger partial charge in [-0.25, -0.2) is 8.42 Å². The topological polar surface area (TPSA) is 89.0 Å². The number of nitrogens with one attached hydrogen (secondary N) is 2. The number of rotatable bonds is 10. The van der Waals surface area contributed by atoms with Gasteiger partial charge in [-0.05, 0) is 44.5 Å². The number of nitrogens with zero attached hydrogens (tertiary/aromatic N) is 1. The Kier molecular flexibility index (Phi) is 8.79. The van der Waals surface area contributed by atoms with Crippen molar-refractivity contribution in [2.24, 2.45) is 4.99 Å². The molecule has 2 aromatic carbocycles. The van der Waals surface area contributed by atoms with Crippen LogP contribution in [0.4, 0.5) is 5.69 Å². The van der Waals surface area contributed by atoms with Crippen LogP contribution in [0, 0.1) is 0 Å². The molecule has 8 heteroatoms. The van der Waals surface area contributed by atoms with Crippen LogP contribution in [0.3, 0.4) is 0 Å². The third-order valence-corrected chi connectivity index (χ3v) is 5.83. The molecule has 0 aliphatic carbocycles. The second-order valence-electron chi connectivity index (χ2n) is 6.17. The van der Waals surface area contributed by atoms with E-state index in [4.69, 9.17) is 9.47 Å².